The van der Waals surface area contributed by atoms with Crippen LogP contribution >= 0.6 is 0 Å². The Balaban J connectivity index is 1.24. The van der Waals surface area contributed by atoms with Crippen molar-refractivity contribution < 1.29 is 14.4 Å². The molecule has 2 atom stereocenters. The number of hydrogen-bond donors (Lipinski definition) is 2. The number of carbonyl (C=O) groups excluding carboxylic acids is 3. The van der Waals surface area contributed by atoms with Gasteiger partial charge in [0.15, 0.2) is 0 Å². The summed E-state index contributed by atoms with van der Waals surface area (Å²) < 4.78 is 0. The monoisotopic (exact) mass is 491 g/mol. The summed E-state index contributed by atoms with van der Waals surface area (Å²) in [6.45, 7) is 9.81. The number of benzene rings is 2. The zero-order valence-electron chi connectivity index (χ0n) is 21.3. The second kappa shape index (κ2) is 12.1. The molecule has 0 aliphatic carbocycles. The summed E-state index contributed by atoms with van der Waals surface area (Å²) in [5.41, 5.74) is 1.61. The quantitative estimate of drug-likeness (QED) is 0.622. The van der Waals surface area contributed by atoms with Crippen molar-refractivity contribution in [3.05, 3.63) is 60.2 Å². The lowest BCUT2D eigenvalue weighted by atomic mass is 9.92. The minimum atomic E-state index is -0.270. The highest BCUT2D eigenvalue weighted by Crippen LogP contribution is 2.21. The molecule has 0 unspecified atom stereocenters. The molecule has 2 aromatic rings. The third-order valence-corrected chi connectivity index (χ3v) is 6.89. The van der Waals surface area contributed by atoms with Gasteiger partial charge in [-0.1, -0.05) is 44.2 Å². The van der Waals surface area contributed by atoms with Crippen LogP contribution in [0, 0.1) is 11.8 Å². The number of piperidine rings is 1. The summed E-state index contributed by atoms with van der Waals surface area (Å²) in [7, 11) is 0. The highest BCUT2D eigenvalue weighted by Gasteiger charge is 2.28. The third-order valence-electron chi connectivity index (χ3n) is 6.89. The van der Waals surface area contributed by atoms with Gasteiger partial charge >= 0.3 is 0 Å². The van der Waals surface area contributed by atoms with Gasteiger partial charge in [-0.05, 0) is 42.5 Å². The number of anilines is 2. The predicted molar refractivity (Wildman–Crippen MR) is 142 cm³/mol. The Kier molecular flexibility index (Phi) is 8.72. The van der Waals surface area contributed by atoms with Crippen LogP contribution in [0.15, 0.2) is 54.6 Å². The molecule has 0 bridgehead atoms. The summed E-state index contributed by atoms with van der Waals surface area (Å²) >= 11 is 0. The highest BCUT2D eigenvalue weighted by atomic mass is 16.2. The molecule has 36 heavy (non-hydrogen) atoms. The number of rotatable bonds is 7. The Morgan fingerprint density at radius 1 is 0.778 bits per heavy atom. The molecule has 8 nitrogen and oxygen atoms in total. The molecule has 2 fully saturated rings. The fourth-order valence-electron chi connectivity index (χ4n) is 5.17. The Morgan fingerprint density at radius 2 is 1.36 bits per heavy atom. The van der Waals surface area contributed by atoms with E-state index < -0.39 is 0 Å². The van der Waals surface area contributed by atoms with E-state index in [1.165, 1.54) is 6.42 Å². The summed E-state index contributed by atoms with van der Waals surface area (Å²) in [6, 6.07) is 16.3. The molecule has 2 heterocycles. The van der Waals surface area contributed by atoms with E-state index in [1.54, 1.807) is 24.3 Å². The van der Waals surface area contributed by atoms with E-state index in [-0.39, 0.29) is 24.3 Å². The lowest BCUT2D eigenvalue weighted by Crippen LogP contribution is -2.52. The molecule has 2 aliphatic rings. The van der Waals surface area contributed by atoms with Gasteiger partial charge in [-0.2, -0.15) is 0 Å². The van der Waals surface area contributed by atoms with Crippen molar-refractivity contribution >= 4 is 29.1 Å². The van der Waals surface area contributed by atoms with Crippen molar-refractivity contribution in [2.24, 2.45) is 11.8 Å². The topological polar surface area (TPSA) is 85.0 Å². The van der Waals surface area contributed by atoms with Gasteiger partial charge in [0.25, 0.3) is 5.91 Å². The molecule has 2 aliphatic heterocycles. The van der Waals surface area contributed by atoms with Gasteiger partial charge in [0, 0.05) is 45.0 Å². The van der Waals surface area contributed by atoms with Crippen LogP contribution in [0.4, 0.5) is 11.4 Å². The van der Waals surface area contributed by atoms with Crippen molar-refractivity contribution in [3.63, 3.8) is 0 Å². The van der Waals surface area contributed by atoms with Gasteiger partial charge in [0.2, 0.25) is 11.8 Å². The molecule has 192 valence electrons. The number of para-hydroxylation sites is 2. The molecular weight excluding hydrogens is 454 g/mol. The van der Waals surface area contributed by atoms with Crippen LogP contribution in [-0.4, -0.2) is 84.8 Å². The maximum absolute atomic E-state index is 12.8. The van der Waals surface area contributed by atoms with Gasteiger partial charge < -0.3 is 15.5 Å². The summed E-state index contributed by atoms with van der Waals surface area (Å²) in [5.74, 6) is 0.902. The zero-order valence-corrected chi connectivity index (χ0v) is 21.3. The molecule has 4 rings (SSSR count). The molecule has 3 amide bonds. The maximum atomic E-state index is 12.8. The summed E-state index contributed by atoms with van der Waals surface area (Å²) in [5, 5.41) is 5.77. The van der Waals surface area contributed by atoms with Gasteiger partial charge in [-0.25, -0.2) is 0 Å². The Labute approximate surface area is 213 Å². The molecule has 0 radical (unpaired) electrons. The van der Waals surface area contributed by atoms with Gasteiger partial charge in [-0.3, -0.25) is 24.2 Å². The minimum Gasteiger partial charge on any atom is -0.341 e. The lowest BCUT2D eigenvalue weighted by Gasteiger charge is -2.38. The predicted octanol–water partition coefficient (Wildman–Crippen LogP) is 3.00. The normalized spacial score (nSPS) is 21.1. The number of amides is 3. The van der Waals surface area contributed by atoms with Gasteiger partial charge in [0.1, 0.15) is 0 Å². The first-order valence-corrected chi connectivity index (χ1v) is 12.8. The van der Waals surface area contributed by atoms with Crippen LogP contribution in [0.3, 0.4) is 0 Å². The fourth-order valence-corrected chi connectivity index (χ4v) is 5.17. The van der Waals surface area contributed by atoms with Crippen LogP contribution in [0.25, 0.3) is 0 Å². The van der Waals surface area contributed by atoms with Gasteiger partial charge in [0.05, 0.1) is 24.3 Å². The van der Waals surface area contributed by atoms with Crippen molar-refractivity contribution in [2.75, 3.05) is 63.0 Å². The summed E-state index contributed by atoms with van der Waals surface area (Å²) in [6.07, 6.45) is 1.19. The van der Waals surface area contributed by atoms with E-state index in [1.807, 2.05) is 35.2 Å². The lowest BCUT2D eigenvalue weighted by molar-refractivity contribution is -0.135. The number of nitrogens with one attached hydrogen (secondary N) is 2. The van der Waals surface area contributed by atoms with E-state index in [2.05, 4.69) is 34.3 Å². The molecule has 0 aromatic heterocycles. The smallest absolute Gasteiger partial charge is 0.257 e. The van der Waals surface area contributed by atoms with E-state index in [4.69, 9.17) is 0 Å². The van der Waals surface area contributed by atoms with Crippen LogP contribution in [-0.2, 0) is 9.59 Å². The largest absolute Gasteiger partial charge is 0.341 e. The Bertz CT molecular complexity index is 1040. The number of piperazine rings is 1. The second-order valence-corrected chi connectivity index (χ2v) is 10.2. The Morgan fingerprint density at radius 3 is 2.03 bits per heavy atom. The third kappa shape index (κ3) is 7.15. The van der Waals surface area contributed by atoms with Crippen molar-refractivity contribution in [3.8, 4) is 0 Å². The van der Waals surface area contributed by atoms with E-state index >= 15 is 0 Å². The Hall–Kier alpha value is -3.23. The molecule has 2 aromatic carbocycles. The number of nitrogens with zero attached hydrogens (tertiary/aromatic N) is 3. The van der Waals surface area contributed by atoms with E-state index in [0.29, 0.717) is 35.3 Å². The van der Waals surface area contributed by atoms with Crippen molar-refractivity contribution in [2.45, 2.75) is 20.3 Å². The molecule has 2 saturated heterocycles. The maximum Gasteiger partial charge on any atom is 0.257 e. The minimum absolute atomic E-state index is 0.157. The standard InChI is InChI=1S/C28H37N5O3/c1-21-16-22(2)18-33(17-21)27(35)20-32-14-12-31(13-15-32)19-26(34)30-25-11-7-6-10-24(25)28(36)29-23-8-4-3-5-9-23/h3-11,21-22H,12-20H2,1-2H3,(H,29,36)(H,30,34)/t21-,22+. The number of carbonyl (C=O) groups is 3. The molecular formula is C28H37N5O3. The molecule has 0 saturated carbocycles. The van der Waals surface area contributed by atoms with Crippen LogP contribution < -0.4 is 10.6 Å². The average molecular weight is 492 g/mol. The first kappa shape index (κ1) is 25.9. The first-order valence-electron chi connectivity index (χ1n) is 12.8. The van der Waals surface area contributed by atoms with E-state index in [0.717, 1.165) is 39.3 Å². The average Bonchev–Trinajstić information content (AvgIpc) is 2.85. The first-order chi connectivity index (χ1) is 17.4. The highest BCUT2D eigenvalue weighted by molar-refractivity contribution is 6.10. The van der Waals surface area contributed by atoms with Crippen LogP contribution in [0.5, 0.6) is 0 Å². The van der Waals surface area contributed by atoms with Crippen LogP contribution in [0.2, 0.25) is 0 Å². The molecule has 0 spiro atoms. The second-order valence-electron chi connectivity index (χ2n) is 10.2. The van der Waals surface area contributed by atoms with Crippen molar-refractivity contribution in [1.82, 2.24) is 14.7 Å². The van der Waals surface area contributed by atoms with Crippen LogP contribution in [0.1, 0.15) is 30.6 Å². The zero-order chi connectivity index (χ0) is 25.5. The number of likely N-dealkylation sites (tertiary alicyclic amines) is 1. The summed E-state index contributed by atoms with van der Waals surface area (Å²) in [4.78, 5) is 44.6. The van der Waals surface area contributed by atoms with Gasteiger partial charge in [-0.15, -0.1) is 0 Å². The molecule has 2 N–H and O–H groups in total. The SMILES string of the molecule is C[C@@H]1C[C@H](C)CN(C(=O)CN2CCN(CC(=O)Nc3ccccc3C(=O)Nc3ccccc3)CC2)C1. The van der Waals surface area contributed by atoms with E-state index in [9.17, 15) is 14.4 Å². The number of hydrogen-bond acceptors (Lipinski definition) is 5. The van der Waals surface area contributed by atoms with Crippen molar-refractivity contribution in [1.29, 1.82) is 0 Å². The fraction of sp³-hybridized carbons (Fsp3) is 0.464. The molecule has 8 heteroatoms.